The molecule has 2 aromatic rings. The van der Waals surface area contributed by atoms with Crippen LogP contribution in [0.5, 0.6) is 0 Å². The highest BCUT2D eigenvalue weighted by atomic mass is 16.2. The van der Waals surface area contributed by atoms with Gasteiger partial charge in [0.1, 0.15) is 0 Å². The van der Waals surface area contributed by atoms with Crippen molar-refractivity contribution in [2.24, 2.45) is 12.5 Å². The number of pyridine rings is 1. The molecule has 0 aliphatic carbocycles. The third-order valence-electron chi connectivity index (χ3n) is 5.51. The Morgan fingerprint density at radius 3 is 2.88 bits per heavy atom. The molecule has 136 valence electrons. The van der Waals surface area contributed by atoms with Crippen molar-refractivity contribution in [2.45, 2.75) is 25.8 Å². The lowest BCUT2D eigenvalue weighted by Gasteiger charge is -2.39. The topological polar surface area (TPSA) is 71.3 Å². The summed E-state index contributed by atoms with van der Waals surface area (Å²) in [6, 6.07) is 3.88. The fraction of sp³-hybridized carbons (Fsp3) is 0.474. The van der Waals surface area contributed by atoms with E-state index < -0.39 is 5.41 Å². The van der Waals surface area contributed by atoms with Crippen LogP contribution in [0.2, 0.25) is 0 Å². The minimum atomic E-state index is -0.432. The van der Waals surface area contributed by atoms with Crippen LogP contribution in [0.15, 0.2) is 36.9 Å². The molecular weight excluding hydrogens is 330 g/mol. The number of rotatable bonds is 3. The second-order valence-electron chi connectivity index (χ2n) is 7.35. The Morgan fingerprint density at radius 1 is 1.27 bits per heavy atom. The van der Waals surface area contributed by atoms with Crippen molar-refractivity contribution in [2.75, 3.05) is 19.6 Å². The molecule has 1 spiro atoms. The van der Waals surface area contributed by atoms with Crippen LogP contribution in [-0.4, -0.2) is 56.0 Å². The Balaban J connectivity index is 1.48. The van der Waals surface area contributed by atoms with E-state index in [9.17, 15) is 9.59 Å². The molecular formula is C19H23N5O2. The number of carbonyl (C=O) groups is 2. The SMILES string of the molecule is Cn1cc(C(=O)N2CCC[C@@]3(CCN(Cc4cccnc4)C3=O)C2)cn1. The second-order valence-corrected chi connectivity index (χ2v) is 7.35. The molecule has 7 heteroatoms. The molecule has 0 aromatic carbocycles. The Bertz CT molecular complexity index is 818. The van der Waals surface area contributed by atoms with Crippen LogP contribution in [0.4, 0.5) is 0 Å². The summed E-state index contributed by atoms with van der Waals surface area (Å²) < 4.78 is 1.63. The smallest absolute Gasteiger partial charge is 0.257 e. The zero-order valence-electron chi connectivity index (χ0n) is 15.0. The van der Waals surface area contributed by atoms with E-state index in [1.54, 1.807) is 36.5 Å². The third kappa shape index (κ3) is 2.98. The minimum absolute atomic E-state index is 0.0318. The molecule has 0 unspecified atom stereocenters. The van der Waals surface area contributed by atoms with Crippen LogP contribution in [0.3, 0.4) is 0 Å². The summed E-state index contributed by atoms with van der Waals surface area (Å²) in [4.78, 5) is 33.8. The zero-order valence-corrected chi connectivity index (χ0v) is 15.0. The van der Waals surface area contributed by atoms with E-state index in [1.807, 2.05) is 21.9 Å². The number of piperidine rings is 1. The molecule has 4 heterocycles. The molecule has 0 radical (unpaired) electrons. The highest BCUT2D eigenvalue weighted by Crippen LogP contribution is 2.41. The molecule has 0 bridgehead atoms. The molecule has 2 amide bonds. The van der Waals surface area contributed by atoms with Crippen LogP contribution in [0, 0.1) is 5.41 Å². The third-order valence-corrected chi connectivity index (χ3v) is 5.51. The first-order valence-electron chi connectivity index (χ1n) is 9.04. The first-order chi connectivity index (χ1) is 12.6. The normalized spacial score (nSPS) is 23.0. The summed E-state index contributed by atoms with van der Waals surface area (Å²) in [5, 5.41) is 4.08. The van der Waals surface area contributed by atoms with Crippen molar-refractivity contribution < 1.29 is 9.59 Å². The van der Waals surface area contributed by atoms with Crippen molar-refractivity contribution in [3.8, 4) is 0 Å². The van der Waals surface area contributed by atoms with Crippen LogP contribution < -0.4 is 0 Å². The predicted octanol–water partition coefficient (Wildman–Crippen LogP) is 1.47. The van der Waals surface area contributed by atoms with E-state index in [4.69, 9.17) is 0 Å². The van der Waals surface area contributed by atoms with Gasteiger partial charge in [0, 0.05) is 51.8 Å². The van der Waals surface area contributed by atoms with Gasteiger partial charge in [-0.15, -0.1) is 0 Å². The molecule has 0 N–H and O–H groups in total. The number of aromatic nitrogens is 3. The molecule has 2 aliphatic heterocycles. The zero-order chi connectivity index (χ0) is 18.1. The number of hydrogen-bond donors (Lipinski definition) is 0. The van der Waals surface area contributed by atoms with E-state index in [2.05, 4.69) is 10.1 Å². The summed E-state index contributed by atoms with van der Waals surface area (Å²) in [6.07, 6.45) is 9.38. The molecule has 26 heavy (non-hydrogen) atoms. The molecule has 2 aliphatic rings. The quantitative estimate of drug-likeness (QED) is 0.838. The van der Waals surface area contributed by atoms with Gasteiger partial charge in [0.15, 0.2) is 0 Å². The van der Waals surface area contributed by atoms with Gasteiger partial charge in [0.05, 0.1) is 17.2 Å². The molecule has 7 nitrogen and oxygen atoms in total. The fourth-order valence-electron chi connectivity index (χ4n) is 4.15. The van der Waals surface area contributed by atoms with Crippen LogP contribution in [0.1, 0.15) is 35.2 Å². The number of aryl methyl sites for hydroxylation is 1. The lowest BCUT2D eigenvalue weighted by molar-refractivity contribution is -0.138. The van der Waals surface area contributed by atoms with Gasteiger partial charge >= 0.3 is 0 Å². The summed E-state index contributed by atoms with van der Waals surface area (Å²) in [5.41, 5.74) is 1.19. The van der Waals surface area contributed by atoms with Gasteiger partial charge in [0.25, 0.3) is 5.91 Å². The maximum Gasteiger partial charge on any atom is 0.257 e. The highest BCUT2D eigenvalue weighted by Gasteiger charge is 2.49. The molecule has 0 saturated carbocycles. The Labute approximate surface area is 152 Å². The Hall–Kier alpha value is -2.70. The van der Waals surface area contributed by atoms with Gasteiger partial charge < -0.3 is 9.80 Å². The van der Waals surface area contributed by atoms with Crippen molar-refractivity contribution in [1.29, 1.82) is 0 Å². The van der Waals surface area contributed by atoms with Crippen molar-refractivity contribution in [3.63, 3.8) is 0 Å². The average molecular weight is 353 g/mol. The minimum Gasteiger partial charge on any atom is -0.338 e. The maximum absolute atomic E-state index is 13.1. The lowest BCUT2D eigenvalue weighted by atomic mass is 9.78. The molecule has 2 saturated heterocycles. The summed E-state index contributed by atoms with van der Waals surface area (Å²) in [5.74, 6) is 0.140. The van der Waals surface area contributed by atoms with E-state index in [1.165, 1.54) is 0 Å². The first kappa shape index (κ1) is 16.8. The van der Waals surface area contributed by atoms with E-state index in [0.29, 0.717) is 25.2 Å². The fourth-order valence-corrected chi connectivity index (χ4v) is 4.15. The van der Waals surface area contributed by atoms with Crippen LogP contribution in [0.25, 0.3) is 0 Å². The monoisotopic (exact) mass is 353 g/mol. The number of carbonyl (C=O) groups excluding carboxylic acids is 2. The van der Waals surface area contributed by atoms with E-state index in [0.717, 1.165) is 31.4 Å². The average Bonchev–Trinajstić information content (AvgIpc) is 3.22. The summed E-state index contributed by atoms with van der Waals surface area (Å²) in [6.45, 7) is 2.53. The standard InChI is InChI=1S/C19H23N5O2/c1-22-13-16(11-21-22)17(25)24-8-3-5-19(14-24)6-9-23(18(19)26)12-15-4-2-7-20-10-15/h2,4,7,10-11,13H,3,5-6,8-9,12,14H2,1H3/t19-/m1/s1. The molecule has 1 atom stereocenters. The first-order valence-corrected chi connectivity index (χ1v) is 9.04. The summed E-state index contributed by atoms with van der Waals surface area (Å²) in [7, 11) is 1.80. The van der Waals surface area contributed by atoms with Gasteiger partial charge in [-0.05, 0) is 30.9 Å². The largest absolute Gasteiger partial charge is 0.338 e. The number of amides is 2. The number of nitrogens with zero attached hydrogens (tertiary/aromatic N) is 5. The number of hydrogen-bond acceptors (Lipinski definition) is 4. The molecule has 2 fully saturated rings. The van der Waals surface area contributed by atoms with Gasteiger partial charge in [-0.2, -0.15) is 5.10 Å². The van der Waals surface area contributed by atoms with E-state index in [-0.39, 0.29) is 11.8 Å². The van der Waals surface area contributed by atoms with Gasteiger partial charge in [-0.3, -0.25) is 19.3 Å². The predicted molar refractivity (Wildman–Crippen MR) is 95.0 cm³/mol. The number of likely N-dealkylation sites (tertiary alicyclic amines) is 2. The summed E-state index contributed by atoms with van der Waals surface area (Å²) >= 11 is 0. The van der Waals surface area contributed by atoms with Crippen molar-refractivity contribution in [3.05, 3.63) is 48.0 Å². The molecule has 2 aromatic heterocycles. The van der Waals surface area contributed by atoms with Gasteiger partial charge in [-0.25, -0.2) is 0 Å². The Kier molecular flexibility index (Phi) is 4.22. The second kappa shape index (κ2) is 6.55. The van der Waals surface area contributed by atoms with Gasteiger partial charge in [-0.1, -0.05) is 6.07 Å². The van der Waals surface area contributed by atoms with Crippen LogP contribution >= 0.6 is 0 Å². The van der Waals surface area contributed by atoms with E-state index >= 15 is 0 Å². The Morgan fingerprint density at radius 2 is 2.15 bits per heavy atom. The lowest BCUT2D eigenvalue weighted by Crippen LogP contribution is -2.49. The maximum atomic E-state index is 13.1. The van der Waals surface area contributed by atoms with Gasteiger partial charge in [0.2, 0.25) is 5.91 Å². The van der Waals surface area contributed by atoms with Crippen LogP contribution in [-0.2, 0) is 18.4 Å². The highest BCUT2D eigenvalue weighted by molar-refractivity contribution is 5.94. The van der Waals surface area contributed by atoms with Crippen molar-refractivity contribution in [1.82, 2.24) is 24.6 Å². The van der Waals surface area contributed by atoms with Crippen molar-refractivity contribution >= 4 is 11.8 Å². The molecule has 4 rings (SSSR count).